The first-order valence-corrected chi connectivity index (χ1v) is 8.34. The van der Waals surface area contributed by atoms with E-state index in [0.717, 1.165) is 21.8 Å². The molecule has 0 fully saturated rings. The minimum Gasteiger partial charge on any atom is -0.359 e. The van der Waals surface area contributed by atoms with E-state index in [1.807, 2.05) is 53.3 Å². The number of rotatable bonds is 5. The second-order valence-electron chi connectivity index (χ2n) is 5.28. The van der Waals surface area contributed by atoms with E-state index in [4.69, 9.17) is 23.8 Å². The molecule has 2 N–H and O–H groups in total. The van der Waals surface area contributed by atoms with Crippen molar-refractivity contribution in [2.75, 3.05) is 0 Å². The fraction of sp³-hybridized carbons (Fsp3) is 0.111. The van der Waals surface area contributed by atoms with Crippen molar-refractivity contribution in [2.24, 2.45) is 0 Å². The molecule has 0 saturated heterocycles. The van der Waals surface area contributed by atoms with Gasteiger partial charge in [0, 0.05) is 30.5 Å². The topological polar surface area (TPSA) is 41.9 Å². The third kappa shape index (κ3) is 4.57. The van der Waals surface area contributed by atoms with Gasteiger partial charge in [0.25, 0.3) is 0 Å². The van der Waals surface area contributed by atoms with Crippen LogP contribution in [0.25, 0.3) is 5.69 Å². The van der Waals surface area contributed by atoms with E-state index < -0.39 is 0 Å². The van der Waals surface area contributed by atoms with Crippen molar-refractivity contribution in [3.63, 3.8) is 0 Å². The Morgan fingerprint density at radius 2 is 1.54 bits per heavy atom. The lowest BCUT2D eigenvalue weighted by Crippen LogP contribution is -2.34. The number of thiocarbonyl (C=S) groups is 1. The lowest BCUT2D eigenvalue weighted by atomic mass is 10.2. The van der Waals surface area contributed by atoms with Crippen LogP contribution in [-0.4, -0.2) is 14.9 Å². The second-order valence-corrected chi connectivity index (χ2v) is 6.12. The van der Waals surface area contributed by atoms with Crippen LogP contribution < -0.4 is 10.6 Å². The maximum absolute atomic E-state index is 5.87. The summed E-state index contributed by atoms with van der Waals surface area (Å²) >= 11 is 11.2. The molecule has 1 heterocycles. The predicted molar refractivity (Wildman–Crippen MR) is 101 cm³/mol. The summed E-state index contributed by atoms with van der Waals surface area (Å²) < 4.78 is 1.83. The Balaban J connectivity index is 1.46. The van der Waals surface area contributed by atoms with Gasteiger partial charge in [-0.25, -0.2) is 4.68 Å². The van der Waals surface area contributed by atoms with E-state index >= 15 is 0 Å². The highest BCUT2D eigenvalue weighted by molar-refractivity contribution is 7.80. The standard InChI is InChI=1S/C18H17ClN4S/c19-16-6-2-14(3-7-16)12-20-18(24)21-13-15-4-8-17(9-5-15)23-11-1-10-22-23/h1-11H,12-13H2,(H2,20,21,24). The van der Waals surface area contributed by atoms with Gasteiger partial charge in [0.05, 0.1) is 5.69 Å². The molecule has 1 aromatic heterocycles. The van der Waals surface area contributed by atoms with E-state index in [2.05, 4.69) is 27.9 Å². The van der Waals surface area contributed by atoms with Gasteiger partial charge in [-0.05, 0) is 53.7 Å². The summed E-state index contributed by atoms with van der Waals surface area (Å²) in [6.45, 7) is 1.34. The van der Waals surface area contributed by atoms with Crippen molar-refractivity contribution in [3.8, 4) is 5.69 Å². The summed E-state index contributed by atoms with van der Waals surface area (Å²) in [6, 6.07) is 17.8. The highest BCUT2D eigenvalue weighted by atomic mass is 35.5. The van der Waals surface area contributed by atoms with Crippen molar-refractivity contribution >= 4 is 28.9 Å². The Bertz CT molecular complexity index is 783. The molecular formula is C18H17ClN4S. The minimum atomic E-state index is 0.626. The highest BCUT2D eigenvalue weighted by Crippen LogP contribution is 2.10. The van der Waals surface area contributed by atoms with E-state index in [0.29, 0.717) is 18.2 Å². The van der Waals surface area contributed by atoms with Crippen molar-refractivity contribution in [3.05, 3.63) is 83.1 Å². The molecule has 0 saturated carbocycles. The molecule has 2 aromatic carbocycles. The van der Waals surface area contributed by atoms with Crippen LogP contribution in [0.4, 0.5) is 0 Å². The molecule has 0 aliphatic carbocycles. The maximum atomic E-state index is 5.87. The molecule has 3 rings (SSSR count). The van der Waals surface area contributed by atoms with Gasteiger partial charge in [-0.15, -0.1) is 0 Å². The molecule has 0 bridgehead atoms. The van der Waals surface area contributed by atoms with Crippen LogP contribution in [0.1, 0.15) is 11.1 Å². The average Bonchev–Trinajstić information content (AvgIpc) is 3.14. The van der Waals surface area contributed by atoms with Crippen molar-refractivity contribution in [1.29, 1.82) is 0 Å². The summed E-state index contributed by atoms with van der Waals surface area (Å²) in [6.07, 6.45) is 3.68. The first-order chi connectivity index (χ1) is 11.7. The van der Waals surface area contributed by atoms with Crippen LogP contribution in [0.5, 0.6) is 0 Å². The molecule has 122 valence electrons. The number of hydrogen-bond donors (Lipinski definition) is 2. The second kappa shape index (κ2) is 7.95. The molecule has 4 nitrogen and oxygen atoms in total. The normalized spacial score (nSPS) is 10.4. The van der Waals surface area contributed by atoms with E-state index in [1.165, 1.54) is 0 Å². The molecule has 0 aliphatic heterocycles. The molecule has 0 aliphatic rings. The van der Waals surface area contributed by atoms with Gasteiger partial charge in [-0.3, -0.25) is 0 Å². The van der Waals surface area contributed by atoms with E-state index in [-0.39, 0.29) is 0 Å². The third-order valence-electron chi connectivity index (χ3n) is 3.52. The molecule has 0 amide bonds. The van der Waals surface area contributed by atoms with Gasteiger partial charge >= 0.3 is 0 Å². The van der Waals surface area contributed by atoms with Crippen LogP contribution in [0.2, 0.25) is 5.02 Å². The molecule has 3 aromatic rings. The van der Waals surface area contributed by atoms with Gasteiger partial charge in [-0.2, -0.15) is 5.10 Å². The average molecular weight is 357 g/mol. The summed E-state index contributed by atoms with van der Waals surface area (Å²) in [5, 5.41) is 12.0. The summed E-state index contributed by atoms with van der Waals surface area (Å²) in [5.74, 6) is 0. The monoisotopic (exact) mass is 356 g/mol. The SMILES string of the molecule is S=C(NCc1ccc(Cl)cc1)NCc1ccc(-n2cccn2)cc1. The lowest BCUT2D eigenvalue weighted by molar-refractivity contribution is 0.831. The maximum Gasteiger partial charge on any atom is 0.166 e. The first-order valence-electron chi connectivity index (χ1n) is 7.56. The van der Waals surface area contributed by atoms with Crippen molar-refractivity contribution in [2.45, 2.75) is 13.1 Å². The van der Waals surface area contributed by atoms with Crippen LogP contribution in [0.15, 0.2) is 67.0 Å². The molecule has 0 spiro atoms. The number of nitrogens with zero attached hydrogens (tertiary/aromatic N) is 2. The largest absolute Gasteiger partial charge is 0.359 e. The van der Waals surface area contributed by atoms with Gasteiger partial charge in [0.15, 0.2) is 5.11 Å². The number of hydrogen-bond acceptors (Lipinski definition) is 2. The molecule has 6 heteroatoms. The fourth-order valence-electron chi connectivity index (χ4n) is 2.22. The summed E-state index contributed by atoms with van der Waals surface area (Å²) in [4.78, 5) is 0. The zero-order chi connectivity index (χ0) is 16.8. The molecule has 0 unspecified atom stereocenters. The first kappa shape index (κ1) is 16.5. The van der Waals surface area contributed by atoms with Crippen molar-refractivity contribution in [1.82, 2.24) is 20.4 Å². The zero-order valence-electron chi connectivity index (χ0n) is 12.9. The Morgan fingerprint density at radius 3 is 2.08 bits per heavy atom. The number of aromatic nitrogens is 2. The third-order valence-corrected chi connectivity index (χ3v) is 4.07. The Kier molecular flexibility index (Phi) is 5.46. The molecule has 0 atom stereocenters. The molecule has 24 heavy (non-hydrogen) atoms. The van der Waals surface area contributed by atoms with Crippen molar-refractivity contribution < 1.29 is 0 Å². The predicted octanol–water partition coefficient (Wildman–Crippen LogP) is 3.69. The van der Waals surface area contributed by atoms with Gasteiger partial charge in [-0.1, -0.05) is 35.9 Å². The summed E-state index contributed by atoms with van der Waals surface area (Å²) in [7, 11) is 0. The van der Waals surface area contributed by atoms with Crippen LogP contribution in [-0.2, 0) is 13.1 Å². The summed E-state index contributed by atoms with van der Waals surface area (Å²) in [5.41, 5.74) is 3.32. The lowest BCUT2D eigenvalue weighted by Gasteiger charge is -2.11. The van der Waals surface area contributed by atoms with Gasteiger partial charge < -0.3 is 10.6 Å². The fourth-order valence-corrected chi connectivity index (χ4v) is 2.49. The van der Waals surface area contributed by atoms with Gasteiger partial charge in [0.2, 0.25) is 0 Å². The smallest absolute Gasteiger partial charge is 0.166 e. The Labute approximate surface area is 151 Å². The highest BCUT2D eigenvalue weighted by Gasteiger charge is 2.00. The van der Waals surface area contributed by atoms with Crippen LogP contribution in [0.3, 0.4) is 0 Å². The van der Waals surface area contributed by atoms with E-state index in [9.17, 15) is 0 Å². The van der Waals surface area contributed by atoms with Crippen LogP contribution in [0, 0.1) is 0 Å². The minimum absolute atomic E-state index is 0.626. The van der Waals surface area contributed by atoms with Crippen LogP contribution >= 0.6 is 23.8 Å². The molecule has 0 radical (unpaired) electrons. The Hall–Kier alpha value is -2.37. The molecular weight excluding hydrogens is 340 g/mol. The quantitative estimate of drug-likeness (QED) is 0.684. The zero-order valence-corrected chi connectivity index (χ0v) is 14.5. The van der Waals surface area contributed by atoms with Gasteiger partial charge in [0.1, 0.15) is 0 Å². The number of nitrogens with one attached hydrogen (secondary N) is 2. The Morgan fingerprint density at radius 1 is 0.958 bits per heavy atom. The van der Waals surface area contributed by atoms with E-state index in [1.54, 1.807) is 6.20 Å². The number of halogens is 1. The number of benzene rings is 2.